The summed E-state index contributed by atoms with van der Waals surface area (Å²) in [5.74, 6) is 0. The zero-order valence-electron chi connectivity index (χ0n) is 12.0. The molecule has 18 heavy (non-hydrogen) atoms. The van der Waals surface area contributed by atoms with Gasteiger partial charge < -0.3 is 14.0 Å². The lowest BCUT2D eigenvalue weighted by atomic mass is 9.80. The van der Waals surface area contributed by atoms with Crippen LogP contribution in [0.5, 0.6) is 0 Å². The van der Waals surface area contributed by atoms with E-state index in [0.717, 1.165) is 5.47 Å². The third-order valence-corrected chi connectivity index (χ3v) is 3.32. The molecule has 0 aromatic heterocycles. The zero-order chi connectivity index (χ0) is 14.0. The Balaban J connectivity index is 2.82. The quantitative estimate of drug-likeness (QED) is 0.430. The number of rotatable bonds is 2. The standard InChI is InChI=1S/C12H21BN2O3/c1-9(8-15-10(14-6)16-7)13-17-11(2,3)12(4,5)18-13/h8H,6H2,1-5,7H3/b9-8+,15-10?. The van der Waals surface area contributed by atoms with Gasteiger partial charge in [-0.3, -0.25) is 0 Å². The van der Waals surface area contributed by atoms with E-state index in [1.165, 1.54) is 7.11 Å². The monoisotopic (exact) mass is 252 g/mol. The van der Waals surface area contributed by atoms with Crippen LogP contribution in [0.15, 0.2) is 21.7 Å². The predicted molar refractivity (Wildman–Crippen MR) is 73.8 cm³/mol. The molecule has 0 aromatic carbocycles. The Morgan fingerprint density at radius 3 is 2.11 bits per heavy atom. The van der Waals surface area contributed by atoms with Crippen molar-refractivity contribution >= 4 is 19.9 Å². The van der Waals surface area contributed by atoms with Gasteiger partial charge in [0.1, 0.15) is 0 Å². The zero-order valence-corrected chi connectivity index (χ0v) is 12.0. The molecular formula is C12H21BN2O3. The van der Waals surface area contributed by atoms with Crippen molar-refractivity contribution in [3.05, 3.63) is 11.7 Å². The highest BCUT2D eigenvalue weighted by atomic mass is 16.7. The third-order valence-electron chi connectivity index (χ3n) is 3.32. The van der Waals surface area contributed by atoms with Crippen molar-refractivity contribution in [2.24, 2.45) is 9.98 Å². The molecule has 1 aliphatic rings. The van der Waals surface area contributed by atoms with Gasteiger partial charge in [-0.15, -0.1) is 0 Å². The molecule has 5 nitrogen and oxygen atoms in total. The van der Waals surface area contributed by atoms with E-state index in [-0.39, 0.29) is 17.2 Å². The average molecular weight is 252 g/mol. The van der Waals surface area contributed by atoms with Crippen LogP contribution in [-0.4, -0.2) is 38.2 Å². The van der Waals surface area contributed by atoms with Crippen LogP contribution in [0.2, 0.25) is 0 Å². The molecule has 1 rings (SSSR count). The molecule has 100 valence electrons. The van der Waals surface area contributed by atoms with Gasteiger partial charge >= 0.3 is 13.1 Å². The number of methoxy groups -OCH3 is 1. The van der Waals surface area contributed by atoms with Crippen LogP contribution in [-0.2, 0) is 14.0 Å². The van der Waals surface area contributed by atoms with E-state index in [2.05, 4.69) is 16.7 Å². The maximum absolute atomic E-state index is 5.88. The lowest BCUT2D eigenvalue weighted by Crippen LogP contribution is -2.41. The summed E-state index contributed by atoms with van der Waals surface area (Å²) >= 11 is 0. The van der Waals surface area contributed by atoms with E-state index in [1.807, 2.05) is 34.6 Å². The Morgan fingerprint density at radius 2 is 1.72 bits per heavy atom. The fraction of sp³-hybridized carbons (Fsp3) is 0.667. The maximum Gasteiger partial charge on any atom is 0.491 e. The molecular weight excluding hydrogens is 231 g/mol. The second-order valence-electron chi connectivity index (χ2n) is 5.24. The Kier molecular flexibility index (Phi) is 4.34. The molecule has 0 atom stereocenters. The van der Waals surface area contributed by atoms with Crippen LogP contribution in [0, 0.1) is 0 Å². The van der Waals surface area contributed by atoms with Gasteiger partial charge in [0, 0.05) is 6.20 Å². The molecule has 0 radical (unpaired) electrons. The molecule has 6 heteroatoms. The molecule has 1 heterocycles. The summed E-state index contributed by atoms with van der Waals surface area (Å²) in [6.45, 7) is 13.3. The normalized spacial score (nSPS) is 23.1. The topological polar surface area (TPSA) is 52.4 Å². The number of aliphatic imine (C=N–C) groups is 2. The predicted octanol–water partition coefficient (Wildman–Crippen LogP) is 2.22. The summed E-state index contributed by atoms with van der Waals surface area (Å²) in [6.07, 6.45) is 1.62. The molecule has 0 saturated carbocycles. The molecule has 0 aliphatic carbocycles. The van der Waals surface area contributed by atoms with Crippen LogP contribution in [0.25, 0.3) is 0 Å². The van der Waals surface area contributed by atoms with Crippen LogP contribution in [0.4, 0.5) is 0 Å². The average Bonchev–Trinajstić information content (AvgIpc) is 2.49. The van der Waals surface area contributed by atoms with Crippen molar-refractivity contribution < 1.29 is 14.0 Å². The smallest absolute Gasteiger partial charge is 0.467 e. The fourth-order valence-corrected chi connectivity index (χ4v) is 1.40. The van der Waals surface area contributed by atoms with Gasteiger partial charge in [0.25, 0.3) is 0 Å². The van der Waals surface area contributed by atoms with Crippen molar-refractivity contribution in [1.82, 2.24) is 0 Å². The van der Waals surface area contributed by atoms with E-state index in [9.17, 15) is 0 Å². The fourth-order valence-electron chi connectivity index (χ4n) is 1.40. The number of hydrogen-bond donors (Lipinski definition) is 0. The van der Waals surface area contributed by atoms with Gasteiger partial charge in [-0.25, -0.2) is 9.98 Å². The van der Waals surface area contributed by atoms with Crippen LogP contribution >= 0.6 is 0 Å². The molecule has 1 saturated heterocycles. The molecule has 0 bridgehead atoms. The largest absolute Gasteiger partial charge is 0.491 e. The first-order chi connectivity index (χ1) is 8.23. The van der Waals surface area contributed by atoms with E-state index in [4.69, 9.17) is 14.0 Å². The Bertz CT molecular complexity index is 373. The molecule has 0 N–H and O–H groups in total. The Hall–Kier alpha value is -1.14. The van der Waals surface area contributed by atoms with Crippen molar-refractivity contribution in [1.29, 1.82) is 0 Å². The number of amidine groups is 1. The molecule has 1 aliphatic heterocycles. The minimum atomic E-state index is -0.401. The van der Waals surface area contributed by atoms with Gasteiger partial charge in [0.2, 0.25) is 0 Å². The SMILES string of the molecule is C=NC(=N/C=C(\C)B1OC(C)(C)C(C)(C)O1)OC. The summed E-state index contributed by atoms with van der Waals surface area (Å²) in [7, 11) is 1.09. The number of nitrogens with zero attached hydrogens (tertiary/aromatic N) is 2. The second kappa shape index (κ2) is 5.24. The Morgan fingerprint density at radius 1 is 1.22 bits per heavy atom. The lowest BCUT2D eigenvalue weighted by molar-refractivity contribution is 0.00578. The number of allylic oxidation sites excluding steroid dienone is 1. The van der Waals surface area contributed by atoms with Crippen molar-refractivity contribution in [3.8, 4) is 0 Å². The van der Waals surface area contributed by atoms with Gasteiger partial charge in [-0.1, -0.05) is 0 Å². The maximum atomic E-state index is 5.88. The van der Waals surface area contributed by atoms with Gasteiger partial charge in [-0.2, -0.15) is 0 Å². The van der Waals surface area contributed by atoms with Gasteiger partial charge in [0.15, 0.2) is 0 Å². The highest BCUT2D eigenvalue weighted by Crippen LogP contribution is 2.38. The minimum Gasteiger partial charge on any atom is -0.467 e. The van der Waals surface area contributed by atoms with E-state index in [0.29, 0.717) is 0 Å². The first-order valence-corrected chi connectivity index (χ1v) is 5.84. The summed E-state index contributed by atoms with van der Waals surface area (Å²) in [5.41, 5.74) is 0.154. The van der Waals surface area contributed by atoms with Crippen molar-refractivity contribution in [2.45, 2.75) is 45.8 Å². The van der Waals surface area contributed by atoms with E-state index >= 15 is 0 Å². The highest BCUT2D eigenvalue weighted by Gasteiger charge is 2.51. The Labute approximate surface area is 109 Å². The first-order valence-electron chi connectivity index (χ1n) is 5.84. The van der Waals surface area contributed by atoms with Crippen molar-refractivity contribution in [3.63, 3.8) is 0 Å². The van der Waals surface area contributed by atoms with E-state index in [1.54, 1.807) is 6.20 Å². The molecule has 0 unspecified atom stereocenters. The summed E-state index contributed by atoms with van der Waals surface area (Å²) in [6, 6.07) is 0.214. The second-order valence-corrected chi connectivity index (χ2v) is 5.24. The van der Waals surface area contributed by atoms with Crippen LogP contribution in [0.1, 0.15) is 34.6 Å². The minimum absolute atomic E-state index is 0.214. The van der Waals surface area contributed by atoms with E-state index < -0.39 is 7.12 Å². The third kappa shape index (κ3) is 3.00. The summed E-state index contributed by atoms with van der Waals surface area (Å²) in [4.78, 5) is 7.66. The molecule has 0 amide bonds. The van der Waals surface area contributed by atoms with Crippen molar-refractivity contribution in [2.75, 3.05) is 7.11 Å². The first kappa shape index (κ1) is 14.9. The van der Waals surface area contributed by atoms with Crippen LogP contribution < -0.4 is 0 Å². The highest BCUT2D eigenvalue weighted by molar-refractivity contribution is 6.54. The summed E-state index contributed by atoms with van der Waals surface area (Å²) in [5, 5.41) is 0. The van der Waals surface area contributed by atoms with Crippen LogP contribution in [0.3, 0.4) is 0 Å². The van der Waals surface area contributed by atoms with Gasteiger partial charge in [-0.05, 0) is 46.8 Å². The number of ether oxygens (including phenoxy) is 1. The molecule has 1 fully saturated rings. The number of hydrogen-bond acceptors (Lipinski definition) is 4. The lowest BCUT2D eigenvalue weighted by Gasteiger charge is -2.32. The summed E-state index contributed by atoms with van der Waals surface area (Å²) < 4.78 is 16.6. The molecule has 0 aromatic rings. The molecule has 0 spiro atoms. The van der Waals surface area contributed by atoms with Gasteiger partial charge in [0.05, 0.1) is 18.3 Å².